The van der Waals surface area contributed by atoms with E-state index in [0.717, 1.165) is 6.07 Å². The molecule has 2 N–H and O–H groups in total. The number of urea groups is 1. The zero-order chi connectivity index (χ0) is 18.9. The second-order valence-electron chi connectivity index (χ2n) is 6.06. The third-order valence-electron chi connectivity index (χ3n) is 4.38. The molecule has 0 spiro atoms. The number of nitrogens with one attached hydrogen (secondary N) is 2. The molecule has 1 saturated heterocycles. The van der Waals surface area contributed by atoms with Crippen LogP contribution in [0.2, 0.25) is 0 Å². The molecule has 0 aliphatic carbocycles. The van der Waals surface area contributed by atoms with E-state index in [4.69, 9.17) is 4.74 Å². The van der Waals surface area contributed by atoms with Crippen molar-refractivity contribution in [2.45, 2.75) is 19.1 Å². The molecule has 6 nitrogen and oxygen atoms in total. The molecule has 140 valence electrons. The fourth-order valence-corrected chi connectivity index (χ4v) is 3.15. The van der Waals surface area contributed by atoms with Crippen molar-refractivity contribution < 1.29 is 27.5 Å². The number of morpholine rings is 1. The summed E-state index contributed by atoms with van der Waals surface area (Å²) in [5, 5.41) is 4.94. The van der Waals surface area contributed by atoms with Crippen LogP contribution in [0, 0.1) is 0 Å². The first-order valence-corrected chi connectivity index (χ1v) is 8.10. The number of nitrogens with zero attached hydrogens (tertiary/aromatic N) is 1. The summed E-state index contributed by atoms with van der Waals surface area (Å²) >= 11 is 0. The van der Waals surface area contributed by atoms with Crippen LogP contribution in [0.15, 0.2) is 35.5 Å². The highest BCUT2D eigenvalue weighted by atomic mass is 19.4. The summed E-state index contributed by atoms with van der Waals surface area (Å²) in [7, 11) is 0. The van der Waals surface area contributed by atoms with Gasteiger partial charge >= 0.3 is 12.2 Å². The first-order chi connectivity index (χ1) is 12.3. The summed E-state index contributed by atoms with van der Waals surface area (Å²) in [5.41, 5.74) is -0.700. The first-order valence-electron chi connectivity index (χ1n) is 8.10. The Kier molecular flexibility index (Phi) is 4.90. The molecular formula is C17H18F3N3O3. The highest BCUT2D eigenvalue weighted by molar-refractivity contribution is 5.98. The van der Waals surface area contributed by atoms with E-state index in [2.05, 4.69) is 10.6 Å². The van der Waals surface area contributed by atoms with E-state index in [-0.39, 0.29) is 16.8 Å². The number of amides is 3. The molecule has 0 saturated carbocycles. The van der Waals surface area contributed by atoms with Crippen LogP contribution < -0.4 is 10.6 Å². The lowest BCUT2D eigenvalue weighted by Gasteiger charge is -2.34. The fraction of sp³-hybridized carbons (Fsp3) is 0.412. The number of benzene rings is 1. The predicted octanol–water partition coefficient (Wildman–Crippen LogP) is 2.19. The smallest absolute Gasteiger partial charge is 0.378 e. The summed E-state index contributed by atoms with van der Waals surface area (Å²) < 4.78 is 45.5. The van der Waals surface area contributed by atoms with E-state index >= 15 is 0 Å². The second kappa shape index (κ2) is 6.99. The maximum Gasteiger partial charge on any atom is 0.416 e. The van der Waals surface area contributed by atoms with Crippen LogP contribution in [0.4, 0.5) is 18.0 Å². The van der Waals surface area contributed by atoms with Gasteiger partial charge in [-0.1, -0.05) is 18.2 Å². The SMILES string of the molecule is CC1=C(C(=O)N2CCOCC2)[C@@H](c2ccccc2C(F)(F)F)NC(=O)N1. The van der Waals surface area contributed by atoms with Gasteiger partial charge < -0.3 is 20.3 Å². The Hall–Kier alpha value is -2.55. The van der Waals surface area contributed by atoms with Gasteiger partial charge in [0.05, 0.1) is 30.4 Å². The van der Waals surface area contributed by atoms with Crippen LogP contribution in [0.5, 0.6) is 0 Å². The molecule has 0 bridgehead atoms. The van der Waals surface area contributed by atoms with Crippen LogP contribution in [-0.4, -0.2) is 43.1 Å². The zero-order valence-corrected chi connectivity index (χ0v) is 14.0. The third kappa shape index (κ3) is 3.52. The molecule has 3 rings (SSSR count). The van der Waals surface area contributed by atoms with Gasteiger partial charge in [0.25, 0.3) is 5.91 Å². The summed E-state index contributed by atoms with van der Waals surface area (Å²) in [6.45, 7) is 2.92. The van der Waals surface area contributed by atoms with Gasteiger partial charge in [-0.15, -0.1) is 0 Å². The van der Waals surface area contributed by atoms with Gasteiger partial charge in [-0.25, -0.2) is 4.79 Å². The van der Waals surface area contributed by atoms with Crippen LogP contribution in [0.1, 0.15) is 24.1 Å². The van der Waals surface area contributed by atoms with E-state index in [9.17, 15) is 22.8 Å². The van der Waals surface area contributed by atoms with Gasteiger partial charge in [0.15, 0.2) is 0 Å². The molecule has 1 atom stereocenters. The van der Waals surface area contributed by atoms with Crippen molar-refractivity contribution in [2.75, 3.05) is 26.3 Å². The number of rotatable bonds is 2. The molecule has 0 aromatic heterocycles. The van der Waals surface area contributed by atoms with Gasteiger partial charge in [0, 0.05) is 18.8 Å². The first kappa shape index (κ1) is 18.2. The van der Waals surface area contributed by atoms with Crippen LogP contribution >= 0.6 is 0 Å². The van der Waals surface area contributed by atoms with E-state index in [1.165, 1.54) is 30.0 Å². The summed E-state index contributed by atoms with van der Waals surface area (Å²) in [5.74, 6) is -0.416. The van der Waals surface area contributed by atoms with Gasteiger partial charge in [-0.3, -0.25) is 4.79 Å². The number of carbonyl (C=O) groups is 2. The van der Waals surface area contributed by atoms with Gasteiger partial charge in [0.1, 0.15) is 0 Å². The van der Waals surface area contributed by atoms with Gasteiger partial charge in [-0.2, -0.15) is 13.2 Å². The molecule has 2 aliphatic heterocycles. The number of ether oxygens (including phenoxy) is 1. The van der Waals surface area contributed by atoms with Crippen LogP contribution in [-0.2, 0) is 15.7 Å². The summed E-state index contributed by atoms with van der Waals surface area (Å²) in [6, 6.07) is 3.11. The molecule has 0 radical (unpaired) electrons. The van der Waals surface area contributed by atoms with Crippen molar-refractivity contribution in [1.29, 1.82) is 0 Å². The molecule has 2 aliphatic rings. The number of hydrogen-bond donors (Lipinski definition) is 2. The predicted molar refractivity (Wildman–Crippen MR) is 86.0 cm³/mol. The minimum absolute atomic E-state index is 0.100. The van der Waals surface area contributed by atoms with E-state index in [1.807, 2.05) is 0 Å². The fourth-order valence-electron chi connectivity index (χ4n) is 3.15. The average molecular weight is 369 g/mol. The minimum atomic E-state index is -4.60. The maximum absolute atomic E-state index is 13.4. The standard InChI is InChI=1S/C17H18F3N3O3/c1-10-13(15(24)23-6-8-26-9-7-23)14(22-16(25)21-10)11-4-2-3-5-12(11)17(18,19)20/h2-5,14H,6-9H2,1H3,(H2,21,22,25)/t14-/m1/s1. The largest absolute Gasteiger partial charge is 0.416 e. The monoisotopic (exact) mass is 369 g/mol. The van der Waals surface area contributed by atoms with Crippen molar-refractivity contribution in [3.63, 3.8) is 0 Å². The Balaban J connectivity index is 2.05. The van der Waals surface area contributed by atoms with Crippen molar-refractivity contribution in [3.8, 4) is 0 Å². The van der Waals surface area contributed by atoms with Crippen LogP contribution in [0.25, 0.3) is 0 Å². The van der Waals surface area contributed by atoms with Crippen LogP contribution in [0.3, 0.4) is 0 Å². The zero-order valence-electron chi connectivity index (χ0n) is 14.0. The Morgan fingerprint density at radius 3 is 2.54 bits per heavy atom. The Morgan fingerprint density at radius 2 is 1.88 bits per heavy atom. The third-order valence-corrected chi connectivity index (χ3v) is 4.38. The average Bonchev–Trinajstić information content (AvgIpc) is 2.60. The second-order valence-corrected chi connectivity index (χ2v) is 6.06. The normalized spacial score (nSPS) is 21.3. The lowest BCUT2D eigenvalue weighted by Crippen LogP contribution is -2.50. The highest BCUT2D eigenvalue weighted by Gasteiger charge is 2.40. The Morgan fingerprint density at radius 1 is 1.23 bits per heavy atom. The van der Waals surface area contributed by atoms with E-state index in [1.54, 1.807) is 0 Å². The van der Waals surface area contributed by atoms with Crippen molar-refractivity contribution >= 4 is 11.9 Å². The molecular weight excluding hydrogens is 351 g/mol. The molecule has 1 aromatic carbocycles. The highest BCUT2D eigenvalue weighted by Crippen LogP contribution is 2.38. The molecule has 1 fully saturated rings. The topological polar surface area (TPSA) is 70.7 Å². The van der Waals surface area contributed by atoms with Crippen molar-refractivity contribution in [2.24, 2.45) is 0 Å². The van der Waals surface area contributed by atoms with Gasteiger partial charge in [0.2, 0.25) is 0 Å². The van der Waals surface area contributed by atoms with Crippen molar-refractivity contribution in [3.05, 3.63) is 46.7 Å². The molecule has 1 aromatic rings. The number of halogens is 3. The number of allylic oxidation sites excluding steroid dienone is 1. The molecule has 0 unspecified atom stereocenters. The molecule has 26 heavy (non-hydrogen) atoms. The Labute approximate surface area is 148 Å². The molecule has 2 heterocycles. The van der Waals surface area contributed by atoms with Gasteiger partial charge in [-0.05, 0) is 18.6 Å². The Bertz CT molecular complexity index is 755. The summed E-state index contributed by atoms with van der Waals surface area (Å²) in [6.07, 6.45) is -4.60. The molecule has 9 heteroatoms. The molecule has 3 amide bonds. The lowest BCUT2D eigenvalue weighted by atomic mass is 9.90. The van der Waals surface area contributed by atoms with E-state index in [0.29, 0.717) is 26.3 Å². The van der Waals surface area contributed by atoms with Crippen molar-refractivity contribution in [1.82, 2.24) is 15.5 Å². The number of carbonyl (C=O) groups excluding carboxylic acids is 2. The number of hydrogen-bond acceptors (Lipinski definition) is 3. The van der Waals surface area contributed by atoms with E-state index < -0.39 is 29.7 Å². The lowest BCUT2D eigenvalue weighted by molar-refractivity contribution is -0.139. The minimum Gasteiger partial charge on any atom is -0.378 e. The maximum atomic E-state index is 13.4. The number of alkyl halides is 3. The quantitative estimate of drug-likeness (QED) is 0.840. The summed E-state index contributed by atoms with van der Waals surface area (Å²) in [4.78, 5) is 26.4.